The van der Waals surface area contributed by atoms with Crippen molar-refractivity contribution in [1.29, 1.82) is 0 Å². The van der Waals surface area contributed by atoms with Crippen LogP contribution in [0.25, 0.3) is 0 Å². The zero-order chi connectivity index (χ0) is 13.7. The van der Waals surface area contributed by atoms with E-state index in [1.54, 1.807) is 0 Å². The Balaban J connectivity index is 1.88. The molecular weight excluding hydrogens is 242 g/mol. The van der Waals surface area contributed by atoms with Crippen LogP contribution in [-0.4, -0.2) is 29.8 Å². The fourth-order valence-corrected chi connectivity index (χ4v) is 2.38. The standard InChI is InChI=1S/C15H21NO3/c16-14(15(17)18)10-12-6-4-11(5-7-12)9-13-3-1-2-8-19-13/h4-7,13-14H,1-3,8-10,16H2,(H,17,18). The molecule has 4 nitrogen and oxygen atoms in total. The fourth-order valence-electron chi connectivity index (χ4n) is 2.38. The molecule has 1 aromatic carbocycles. The normalized spacial score (nSPS) is 21.0. The van der Waals surface area contributed by atoms with E-state index in [1.807, 2.05) is 24.3 Å². The van der Waals surface area contributed by atoms with Gasteiger partial charge in [-0.1, -0.05) is 24.3 Å². The maximum absolute atomic E-state index is 10.7. The number of carbonyl (C=O) groups is 1. The number of rotatable bonds is 5. The minimum atomic E-state index is -0.959. The Morgan fingerprint density at radius 1 is 1.32 bits per heavy atom. The van der Waals surface area contributed by atoms with Gasteiger partial charge in [0.2, 0.25) is 0 Å². The monoisotopic (exact) mass is 263 g/mol. The van der Waals surface area contributed by atoms with Crippen molar-refractivity contribution in [3.8, 4) is 0 Å². The molecule has 2 unspecified atom stereocenters. The SMILES string of the molecule is NC(Cc1ccc(CC2CCCCO2)cc1)C(=O)O. The fraction of sp³-hybridized carbons (Fsp3) is 0.533. The second kappa shape index (κ2) is 6.68. The second-order valence-electron chi connectivity index (χ2n) is 5.16. The summed E-state index contributed by atoms with van der Waals surface area (Å²) in [6, 6.07) is 7.18. The van der Waals surface area contributed by atoms with Crippen LogP contribution in [-0.2, 0) is 22.4 Å². The van der Waals surface area contributed by atoms with Crippen LogP contribution < -0.4 is 5.73 Å². The van der Waals surface area contributed by atoms with E-state index in [4.69, 9.17) is 15.6 Å². The van der Waals surface area contributed by atoms with Gasteiger partial charge in [0.05, 0.1) is 6.10 Å². The van der Waals surface area contributed by atoms with Crippen molar-refractivity contribution in [2.45, 2.75) is 44.2 Å². The Hall–Kier alpha value is -1.39. The molecule has 0 radical (unpaired) electrons. The van der Waals surface area contributed by atoms with Gasteiger partial charge in [0.15, 0.2) is 0 Å². The molecule has 3 N–H and O–H groups in total. The summed E-state index contributed by atoms with van der Waals surface area (Å²) in [6.45, 7) is 0.871. The lowest BCUT2D eigenvalue weighted by Gasteiger charge is -2.22. The van der Waals surface area contributed by atoms with Crippen LogP contribution in [0, 0.1) is 0 Å². The summed E-state index contributed by atoms with van der Waals surface area (Å²) in [4.78, 5) is 10.7. The summed E-state index contributed by atoms with van der Waals surface area (Å²) < 4.78 is 5.71. The molecule has 1 aliphatic rings. The van der Waals surface area contributed by atoms with E-state index in [0.717, 1.165) is 25.0 Å². The van der Waals surface area contributed by atoms with Crippen LogP contribution in [0.3, 0.4) is 0 Å². The third-order valence-electron chi connectivity index (χ3n) is 3.53. The summed E-state index contributed by atoms with van der Waals surface area (Å²) in [5, 5.41) is 8.77. The van der Waals surface area contributed by atoms with Crippen LogP contribution in [0.4, 0.5) is 0 Å². The number of benzene rings is 1. The number of hydrogen-bond acceptors (Lipinski definition) is 3. The molecule has 4 heteroatoms. The largest absolute Gasteiger partial charge is 0.480 e. The van der Waals surface area contributed by atoms with Gasteiger partial charge in [-0.2, -0.15) is 0 Å². The number of aliphatic carboxylic acids is 1. The summed E-state index contributed by atoms with van der Waals surface area (Å²) in [7, 11) is 0. The molecule has 0 aromatic heterocycles. The van der Waals surface area contributed by atoms with Gasteiger partial charge < -0.3 is 15.6 Å². The molecule has 104 valence electrons. The number of carboxylic acid groups (broad SMARTS) is 1. The Labute approximate surface area is 113 Å². The van der Waals surface area contributed by atoms with Crippen molar-refractivity contribution in [1.82, 2.24) is 0 Å². The zero-order valence-corrected chi connectivity index (χ0v) is 11.0. The third-order valence-corrected chi connectivity index (χ3v) is 3.53. The average Bonchev–Trinajstić information content (AvgIpc) is 2.42. The van der Waals surface area contributed by atoms with Gasteiger partial charge >= 0.3 is 5.97 Å². The maximum Gasteiger partial charge on any atom is 0.320 e. The summed E-state index contributed by atoms with van der Waals surface area (Å²) in [5.74, 6) is -0.959. The van der Waals surface area contributed by atoms with Gasteiger partial charge in [-0.05, 0) is 43.2 Å². The van der Waals surface area contributed by atoms with Gasteiger partial charge in [-0.3, -0.25) is 4.79 Å². The van der Waals surface area contributed by atoms with Gasteiger partial charge in [0.25, 0.3) is 0 Å². The molecule has 2 atom stereocenters. The van der Waals surface area contributed by atoms with Gasteiger partial charge in [-0.25, -0.2) is 0 Å². The molecule has 1 aliphatic heterocycles. The van der Waals surface area contributed by atoms with Crippen LogP contribution >= 0.6 is 0 Å². The van der Waals surface area contributed by atoms with Crippen LogP contribution in [0.2, 0.25) is 0 Å². The molecule has 0 amide bonds. The first-order valence-corrected chi connectivity index (χ1v) is 6.83. The molecule has 1 aromatic rings. The second-order valence-corrected chi connectivity index (χ2v) is 5.16. The summed E-state index contributed by atoms with van der Waals surface area (Å²) >= 11 is 0. The molecule has 0 spiro atoms. The highest BCUT2D eigenvalue weighted by Crippen LogP contribution is 2.17. The maximum atomic E-state index is 10.7. The Morgan fingerprint density at radius 3 is 2.58 bits per heavy atom. The Bertz CT molecular complexity index is 410. The van der Waals surface area contributed by atoms with E-state index in [1.165, 1.54) is 18.4 Å². The Kier molecular flexibility index (Phi) is 4.93. The Morgan fingerprint density at radius 2 is 2.00 bits per heavy atom. The molecule has 19 heavy (non-hydrogen) atoms. The van der Waals surface area contributed by atoms with Crippen molar-refractivity contribution >= 4 is 5.97 Å². The van der Waals surface area contributed by atoms with Gasteiger partial charge in [0, 0.05) is 6.61 Å². The van der Waals surface area contributed by atoms with Crippen molar-refractivity contribution in [2.24, 2.45) is 5.73 Å². The summed E-state index contributed by atoms with van der Waals surface area (Å²) in [6.07, 6.45) is 5.19. The van der Waals surface area contributed by atoms with E-state index in [2.05, 4.69) is 0 Å². The highest BCUT2D eigenvalue weighted by Gasteiger charge is 2.15. The van der Waals surface area contributed by atoms with Crippen LogP contribution in [0.5, 0.6) is 0 Å². The summed E-state index contributed by atoms with van der Waals surface area (Å²) in [5.41, 5.74) is 7.71. The number of hydrogen-bond donors (Lipinski definition) is 2. The molecule has 0 bridgehead atoms. The lowest BCUT2D eigenvalue weighted by Crippen LogP contribution is -2.32. The van der Waals surface area contributed by atoms with Crippen molar-refractivity contribution < 1.29 is 14.6 Å². The molecule has 0 saturated carbocycles. The van der Waals surface area contributed by atoms with E-state index in [-0.39, 0.29) is 0 Å². The van der Waals surface area contributed by atoms with E-state index in [9.17, 15) is 4.79 Å². The van der Waals surface area contributed by atoms with E-state index >= 15 is 0 Å². The van der Waals surface area contributed by atoms with Crippen molar-refractivity contribution in [2.75, 3.05) is 6.61 Å². The molecular formula is C15H21NO3. The first kappa shape index (κ1) is 14.0. The molecule has 2 rings (SSSR count). The van der Waals surface area contributed by atoms with Crippen molar-refractivity contribution in [3.63, 3.8) is 0 Å². The lowest BCUT2D eigenvalue weighted by molar-refractivity contribution is -0.138. The highest BCUT2D eigenvalue weighted by molar-refractivity contribution is 5.73. The number of ether oxygens (including phenoxy) is 1. The van der Waals surface area contributed by atoms with Gasteiger partial charge in [-0.15, -0.1) is 0 Å². The smallest absolute Gasteiger partial charge is 0.320 e. The first-order chi connectivity index (χ1) is 9.15. The molecule has 1 saturated heterocycles. The minimum absolute atomic E-state index is 0.334. The van der Waals surface area contributed by atoms with E-state index in [0.29, 0.717) is 12.5 Å². The highest BCUT2D eigenvalue weighted by atomic mass is 16.5. The molecule has 1 heterocycles. The van der Waals surface area contributed by atoms with E-state index < -0.39 is 12.0 Å². The predicted molar refractivity (Wildman–Crippen MR) is 73.1 cm³/mol. The van der Waals surface area contributed by atoms with Crippen molar-refractivity contribution in [3.05, 3.63) is 35.4 Å². The quantitative estimate of drug-likeness (QED) is 0.849. The topological polar surface area (TPSA) is 72.5 Å². The van der Waals surface area contributed by atoms with Gasteiger partial charge in [0.1, 0.15) is 6.04 Å². The minimum Gasteiger partial charge on any atom is -0.480 e. The number of carboxylic acids is 1. The zero-order valence-electron chi connectivity index (χ0n) is 11.0. The van der Waals surface area contributed by atoms with Crippen LogP contribution in [0.1, 0.15) is 30.4 Å². The predicted octanol–water partition coefficient (Wildman–Crippen LogP) is 1.75. The molecule has 0 aliphatic carbocycles. The number of nitrogens with two attached hydrogens (primary N) is 1. The lowest BCUT2D eigenvalue weighted by atomic mass is 9.99. The van der Waals surface area contributed by atoms with Crippen LogP contribution in [0.15, 0.2) is 24.3 Å². The molecule has 1 fully saturated rings. The average molecular weight is 263 g/mol. The third kappa shape index (κ3) is 4.33. The first-order valence-electron chi connectivity index (χ1n) is 6.83.